The van der Waals surface area contributed by atoms with Crippen LogP contribution in [0.25, 0.3) is 0 Å². The molecule has 0 aromatic heterocycles. The number of nitrogens with one attached hydrogen (secondary N) is 2. The number of hydrogen-bond acceptors (Lipinski definition) is 3. The lowest BCUT2D eigenvalue weighted by atomic mass is 10.0. The molecule has 0 radical (unpaired) electrons. The number of benzene rings is 1. The predicted molar refractivity (Wildman–Crippen MR) is 81.8 cm³/mol. The molecule has 6 nitrogen and oxygen atoms in total. The molecule has 0 saturated carbocycles. The summed E-state index contributed by atoms with van der Waals surface area (Å²) in [7, 11) is 0. The van der Waals surface area contributed by atoms with Crippen molar-refractivity contribution in [3.8, 4) is 0 Å². The second kappa shape index (κ2) is 7.08. The van der Waals surface area contributed by atoms with Crippen LogP contribution in [0.2, 0.25) is 0 Å². The van der Waals surface area contributed by atoms with Gasteiger partial charge in [-0.25, -0.2) is 4.79 Å². The molecule has 0 spiro atoms. The Morgan fingerprint density at radius 1 is 1.29 bits per heavy atom. The van der Waals surface area contributed by atoms with E-state index in [1.807, 2.05) is 11.8 Å². The second-order valence-corrected chi connectivity index (χ2v) is 5.08. The molecule has 2 amide bonds. The van der Waals surface area contributed by atoms with E-state index in [2.05, 4.69) is 10.6 Å². The van der Waals surface area contributed by atoms with Crippen LogP contribution in [-0.4, -0.2) is 36.2 Å². The van der Waals surface area contributed by atoms with Gasteiger partial charge in [-0.1, -0.05) is 6.92 Å². The third kappa shape index (κ3) is 3.95. The minimum absolute atomic E-state index is 0.0980. The minimum atomic E-state index is -1.09. The molecule has 0 aliphatic carbocycles. The van der Waals surface area contributed by atoms with Gasteiger partial charge >= 0.3 is 6.09 Å². The van der Waals surface area contributed by atoms with Gasteiger partial charge in [-0.3, -0.25) is 10.1 Å². The van der Waals surface area contributed by atoms with Gasteiger partial charge in [0.05, 0.1) is 0 Å². The zero-order valence-corrected chi connectivity index (χ0v) is 12.1. The van der Waals surface area contributed by atoms with Gasteiger partial charge in [0.15, 0.2) is 0 Å². The molecule has 0 bridgehead atoms. The molecule has 1 heterocycles. The number of carboxylic acid groups (broad SMARTS) is 1. The Balaban J connectivity index is 2.19. The average molecular weight is 291 g/mol. The molecule has 3 N–H and O–H groups in total. The Hall–Kier alpha value is -2.08. The van der Waals surface area contributed by atoms with Crippen LogP contribution in [-0.2, 0) is 4.79 Å². The molecule has 6 heteroatoms. The number of nitrogens with zero attached hydrogens (tertiary/aromatic N) is 1. The summed E-state index contributed by atoms with van der Waals surface area (Å²) in [4.78, 5) is 24.7. The van der Waals surface area contributed by atoms with Crippen LogP contribution < -0.4 is 15.5 Å². The van der Waals surface area contributed by atoms with Gasteiger partial charge in [0.25, 0.3) is 0 Å². The van der Waals surface area contributed by atoms with Crippen LogP contribution in [0.3, 0.4) is 0 Å². The highest BCUT2D eigenvalue weighted by molar-refractivity contribution is 5.94. The fraction of sp³-hybridized carbons (Fsp3) is 0.467. The highest BCUT2D eigenvalue weighted by atomic mass is 16.4. The molecule has 1 aliphatic rings. The van der Waals surface area contributed by atoms with Crippen molar-refractivity contribution in [2.75, 3.05) is 23.3 Å². The van der Waals surface area contributed by atoms with Crippen LogP contribution in [0.15, 0.2) is 24.3 Å². The lowest BCUT2D eigenvalue weighted by Gasteiger charge is -2.34. The third-order valence-corrected chi connectivity index (χ3v) is 3.64. The predicted octanol–water partition coefficient (Wildman–Crippen LogP) is 2.27. The molecule has 0 unspecified atom stereocenters. The van der Waals surface area contributed by atoms with Crippen molar-refractivity contribution in [1.29, 1.82) is 0 Å². The van der Waals surface area contributed by atoms with Gasteiger partial charge in [0.2, 0.25) is 5.91 Å². The highest BCUT2D eigenvalue weighted by Gasteiger charge is 2.25. The Morgan fingerprint density at radius 2 is 1.90 bits per heavy atom. The quantitative estimate of drug-likeness (QED) is 0.795. The highest BCUT2D eigenvalue weighted by Crippen LogP contribution is 2.24. The maximum absolute atomic E-state index is 12.3. The summed E-state index contributed by atoms with van der Waals surface area (Å²) in [5.74, 6) is 0.0980. The number of carbonyl (C=O) groups excluding carboxylic acids is 1. The van der Waals surface area contributed by atoms with E-state index in [0.717, 1.165) is 31.6 Å². The average Bonchev–Trinajstić information content (AvgIpc) is 2.49. The minimum Gasteiger partial charge on any atom is -0.465 e. The van der Waals surface area contributed by atoms with Crippen molar-refractivity contribution in [2.45, 2.75) is 32.2 Å². The Morgan fingerprint density at radius 3 is 2.43 bits per heavy atom. The normalized spacial score (nSPS) is 15.5. The molecule has 0 atom stereocenters. The summed E-state index contributed by atoms with van der Waals surface area (Å²) in [6.45, 7) is 3.68. The topological polar surface area (TPSA) is 81.7 Å². The lowest BCUT2D eigenvalue weighted by Crippen LogP contribution is -2.46. The lowest BCUT2D eigenvalue weighted by molar-refractivity contribution is -0.118. The molecular formula is C15H21N3O3. The van der Waals surface area contributed by atoms with Gasteiger partial charge in [-0.05, 0) is 50.2 Å². The zero-order chi connectivity index (χ0) is 15.2. The molecule has 114 valence electrons. The van der Waals surface area contributed by atoms with Crippen molar-refractivity contribution in [3.05, 3.63) is 24.3 Å². The molecule has 2 rings (SSSR count). The number of rotatable bonds is 4. The van der Waals surface area contributed by atoms with Crippen LogP contribution in [0.4, 0.5) is 16.2 Å². The summed E-state index contributed by atoms with van der Waals surface area (Å²) in [5.41, 5.74) is 1.32. The summed E-state index contributed by atoms with van der Waals surface area (Å²) >= 11 is 0. The monoisotopic (exact) mass is 291 g/mol. The van der Waals surface area contributed by atoms with E-state index >= 15 is 0 Å². The summed E-state index contributed by atoms with van der Waals surface area (Å²) in [6.07, 6.45) is 1.23. The van der Waals surface area contributed by atoms with Crippen LogP contribution in [0.1, 0.15) is 26.2 Å². The van der Waals surface area contributed by atoms with E-state index in [1.165, 1.54) is 0 Å². The van der Waals surface area contributed by atoms with Gasteiger partial charge in [-0.2, -0.15) is 0 Å². The van der Waals surface area contributed by atoms with E-state index in [-0.39, 0.29) is 11.9 Å². The van der Waals surface area contributed by atoms with Crippen LogP contribution in [0, 0.1) is 0 Å². The maximum atomic E-state index is 12.3. The van der Waals surface area contributed by atoms with Crippen molar-refractivity contribution >= 4 is 23.4 Å². The van der Waals surface area contributed by atoms with E-state index in [0.29, 0.717) is 12.1 Å². The first-order chi connectivity index (χ1) is 10.1. The fourth-order valence-corrected chi connectivity index (χ4v) is 2.62. The molecule has 21 heavy (non-hydrogen) atoms. The standard InChI is InChI=1S/C15H21N3O3/c1-2-14(19)18(13-7-9-16-10-8-13)12-5-3-11(4-6-12)17-15(20)21/h3-6,13,16-17H,2,7-10H2,1H3,(H,20,21). The number of amides is 2. The third-order valence-electron chi connectivity index (χ3n) is 3.64. The number of hydrogen-bond donors (Lipinski definition) is 3. The molecule has 1 saturated heterocycles. The van der Waals surface area contributed by atoms with Gasteiger partial charge in [0.1, 0.15) is 0 Å². The van der Waals surface area contributed by atoms with Crippen molar-refractivity contribution in [2.24, 2.45) is 0 Å². The van der Waals surface area contributed by atoms with Crippen LogP contribution >= 0.6 is 0 Å². The smallest absolute Gasteiger partial charge is 0.409 e. The molecular weight excluding hydrogens is 270 g/mol. The molecule has 1 aromatic rings. The summed E-state index contributed by atoms with van der Waals surface area (Å²) in [6, 6.07) is 7.15. The molecule has 1 fully saturated rings. The Bertz CT molecular complexity index is 495. The SMILES string of the molecule is CCC(=O)N(c1ccc(NC(=O)O)cc1)C1CCNCC1. The van der Waals surface area contributed by atoms with Crippen molar-refractivity contribution in [3.63, 3.8) is 0 Å². The van der Waals surface area contributed by atoms with Crippen LogP contribution in [0.5, 0.6) is 0 Å². The van der Waals surface area contributed by atoms with Gasteiger partial charge in [0, 0.05) is 23.8 Å². The Kier molecular flexibility index (Phi) is 5.16. The fourth-order valence-electron chi connectivity index (χ4n) is 2.62. The Labute approximate surface area is 124 Å². The largest absolute Gasteiger partial charge is 0.465 e. The molecule has 1 aliphatic heterocycles. The van der Waals surface area contributed by atoms with Crippen molar-refractivity contribution < 1.29 is 14.7 Å². The van der Waals surface area contributed by atoms with Gasteiger partial charge in [-0.15, -0.1) is 0 Å². The summed E-state index contributed by atoms with van der Waals surface area (Å²) < 4.78 is 0. The summed E-state index contributed by atoms with van der Waals surface area (Å²) in [5, 5.41) is 14.3. The first-order valence-electron chi connectivity index (χ1n) is 7.24. The van der Waals surface area contributed by atoms with E-state index in [4.69, 9.17) is 5.11 Å². The maximum Gasteiger partial charge on any atom is 0.409 e. The van der Waals surface area contributed by atoms with E-state index in [9.17, 15) is 9.59 Å². The first-order valence-corrected chi connectivity index (χ1v) is 7.24. The van der Waals surface area contributed by atoms with Gasteiger partial charge < -0.3 is 15.3 Å². The first kappa shape index (κ1) is 15.3. The number of carbonyl (C=O) groups is 2. The van der Waals surface area contributed by atoms with E-state index < -0.39 is 6.09 Å². The van der Waals surface area contributed by atoms with E-state index in [1.54, 1.807) is 24.3 Å². The van der Waals surface area contributed by atoms with Crippen molar-refractivity contribution in [1.82, 2.24) is 5.32 Å². The second-order valence-electron chi connectivity index (χ2n) is 5.08. The molecule has 1 aromatic carbocycles. The zero-order valence-electron chi connectivity index (χ0n) is 12.1. The number of anilines is 2. The number of piperidine rings is 1.